The van der Waals surface area contributed by atoms with Gasteiger partial charge in [0.25, 0.3) is 11.8 Å². The van der Waals surface area contributed by atoms with Crippen molar-refractivity contribution in [3.05, 3.63) is 64.5 Å². The van der Waals surface area contributed by atoms with Crippen molar-refractivity contribution in [3.8, 4) is 5.75 Å². The van der Waals surface area contributed by atoms with Crippen molar-refractivity contribution >= 4 is 17.7 Å². The zero-order valence-electron chi connectivity index (χ0n) is 15.6. The van der Waals surface area contributed by atoms with E-state index in [4.69, 9.17) is 9.47 Å². The van der Waals surface area contributed by atoms with Crippen LogP contribution in [0.2, 0.25) is 0 Å². The number of carbonyl (C=O) groups excluding carboxylic acids is 3. The highest BCUT2D eigenvalue weighted by Crippen LogP contribution is 2.29. The molecule has 2 aromatic rings. The second kappa shape index (κ2) is 8.00. The van der Waals surface area contributed by atoms with Gasteiger partial charge in [-0.2, -0.15) is 0 Å². The smallest absolute Gasteiger partial charge is 0.261 e. The number of nitrogens with zero attached hydrogens (tertiary/aromatic N) is 1. The lowest BCUT2D eigenvalue weighted by molar-refractivity contribution is -0.121. The van der Waals surface area contributed by atoms with Crippen molar-refractivity contribution in [2.45, 2.75) is 19.4 Å². The van der Waals surface area contributed by atoms with Gasteiger partial charge in [-0.05, 0) is 36.2 Å². The van der Waals surface area contributed by atoms with E-state index in [-0.39, 0.29) is 56.4 Å². The van der Waals surface area contributed by atoms with Crippen molar-refractivity contribution in [3.63, 3.8) is 0 Å². The van der Waals surface area contributed by atoms with E-state index >= 15 is 0 Å². The van der Waals surface area contributed by atoms with Gasteiger partial charge in [-0.15, -0.1) is 0 Å². The molecule has 0 aliphatic carbocycles. The maximum absolute atomic E-state index is 13.8. The number of hydrogen-bond donors (Lipinski definition) is 1. The van der Waals surface area contributed by atoms with Crippen LogP contribution in [0.4, 0.5) is 4.39 Å². The van der Waals surface area contributed by atoms with Gasteiger partial charge >= 0.3 is 0 Å². The summed E-state index contributed by atoms with van der Waals surface area (Å²) in [6.07, 6.45) is 0.385. The first-order valence-corrected chi connectivity index (χ1v) is 9.28. The molecule has 1 N–H and O–H groups in total. The van der Waals surface area contributed by atoms with Crippen LogP contribution in [0.25, 0.3) is 0 Å². The van der Waals surface area contributed by atoms with Gasteiger partial charge in [-0.3, -0.25) is 19.3 Å². The van der Waals surface area contributed by atoms with Gasteiger partial charge in [-0.1, -0.05) is 12.1 Å². The Kier molecular flexibility index (Phi) is 5.26. The second-order valence-electron chi connectivity index (χ2n) is 6.82. The SMILES string of the molecule is O=C(CCN1C(=O)c2ccccc2C1=O)NCCc1cc(F)cc2c1OCOC2. The fourth-order valence-electron chi connectivity index (χ4n) is 3.52. The van der Waals surface area contributed by atoms with Crippen molar-refractivity contribution < 1.29 is 28.2 Å². The first-order chi connectivity index (χ1) is 14.0. The van der Waals surface area contributed by atoms with Gasteiger partial charge in [-0.25, -0.2) is 4.39 Å². The Morgan fingerprint density at radius 3 is 2.59 bits per heavy atom. The molecule has 8 heteroatoms. The van der Waals surface area contributed by atoms with E-state index in [1.807, 2.05) is 0 Å². The van der Waals surface area contributed by atoms with Crippen LogP contribution in [-0.2, 0) is 22.6 Å². The lowest BCUT2D eigenvalue weighted by Crippen LogP contribution is -2.35. The summed E-state index contributed by atoms with van der Waals surface area (Å²) >= 11 is 0. The molecule has 0 saturated carbocycles. The van der Waals surface area contributed by atoms with Gasteiger partial charge < -0.3 is 14.8 Å². The minimum atomic E-state index is -0.385. The summed E-state index contributed by atoms with van der Waals surface area (Å²) in [5, 5.41) is 2.73. The number of ether oxygens (including phenoxy) is 2. The van der Waals surface area contributed by atoms with E-state index in [0.29, 0.717) is 34.4 Å². The third kappa shape index (κ3) is 3.84. The highest BCUT2D eigenvalue weighted by atomic mass is 19.1. The van der Waals surface area contributed by atoms with Crippen molar-refractivity contribution in [1.82, 2.24) is 10.2 Å². The average Bonchev–Trinajstić information content (AvgIpc) is 2.96. The fraction of sp³-hybridized carbons (Fsp3) is 0.286. The number of amides is 3. The van der Waals surface area contributed by atoms with Crippen LogP contribution >= 0.6 is 0 Å². The zero-order chi connectivity index (χ0) is 20.4. The maximum atomic E-state index is 13.8. The highest BCUT2D eigenvalue weighted by molar-refractivity contribution is 6.21. The third-order valence-corrected chi connectivity index (χ3v) is 4.91. The Morgan fingerprint density at radius 1 is 1.14 bits per heavy atom. The van der Waals surface area contributed by atoms with Crippen LogP contribution in [0.15, 0.2) is 36.4 Å². The third-order valence-electron chi connectivity index (χ3n) is 4.91. The van der Waals surface area contributed by atoms with Crippen LogP contribution < -0.4 is 10.1 Å². The molecule has 0 fully saturated rings. The molecule has 0 unspecified atom stereocenters. The molecule has 2 aromatic carbocycles. The molecular formula is C21H19FN2O5. The van der Waals surface area contributed by atoms with Crippen LogP contribution in [0.5, 0.6) is 5.75 Å². The predicted octanol–water partition coefficient (Wildman–Crippen LogP) is 2.04. The average molecular weight is 398 g/mol. The Hall–Kier alpha value is -3.26. The number of hydrogen-bond acceptors (Lipinski definition) is 5. The van der Waals surface area contributed by atoms with E-state index in [1.165, 1.54) is 12.1 Å². The summed E-state index contributed by atoms with van der Waals surface area (Å²) in [7, 11) is 0. The summed E-state index contributed by atoms with van der Waals surface area (Å²) in [6.45, 7) is 0.681. The Balaban J connectivity index is 1.29. The van der Waals surface area contributed by atoms with Crippen LogP contribution in [-0.4, -0.2) is 42.5 Å². The number of halogens is 1. The van der Waals surface area contributed by atoms with Gasteiger partial charge in [0, 0.05) is 25.1 Å². The molecule has 3 amide bonds. The Labute approximate surface area is 166 Å². The molecule has 150 valence electrons. The fourth-order valence-corrected chi connectivity index (χ4v) is 3.52. The Bertz CT molecular complexity index is 956. The van der Waals surface area contributed by atoms with Gasteiger partial charge in [0.1, 0.15) is 11.6 Å². The van der Waals surface area contributed by atoms with E-state index in [9.17, 15) is 18.8 Å². The van der Waals surface area contributed by atoms with E-state index in [0.717, 1.165) is 4.90 Å². The minimum absolute atomic E-state index is 0.00291. The lowest BCUT2D eigenvalue weighted by Gasteiger charge is -2.21. The molecule has 0 spiro atoms. The number of nitrogens with one attached hydrogen (secondary N) is 1. The monoisotopic (exact) mass is 398 g/mol. The van der Waals surface area contributed by atoms with Gasteiger partial charge in [0.15, 0.2) is 6.79 Å². The van der Waals surface area contributed by atoms with E-state index in [2.05, 4.69) is 5.32 Å². The second-order valence-corrected chi connectivity index (χ2v) is 6.82. The summed E-state index contributed by atoms with van der Waals surface area (Å²) in [4.78, 5) is 37.8. The molecule has 7 nitrogen and oxygen atoms in total. The molecule has 2 aliphatic heterocycles. The lowest BCUT2D eigenvalue weighted by atomic mass is 10.1. The van der Waals surface area contributed by atoms with Gasteiger partial charge in [0.2, 0.25) is 5.91 Å². The van der Waals surface area contributed by atoms with Crippen molar-refractivity contribution in [1.29, 1.82) is 0 Å². The predicted molar refractivity (Wildman–Crippen MR) is 99.8 cm³/mol. The first kappa shape index (κ1) is 19.1. The van der Waals surface area contributed by atoms with Crippen molar-refractivity contribution in [2.75, 3.05) is 19.9 Å². The maximum Gasteiger partial charge on any atom is 0.261 e. The molecule has 0 bridgehead atoms. The van der Waals surface area contributed by atoms with Crippen LogP contribution in [0.1, 0.15) is 38.3 Å². The number of rotatable bonds is 6. The van der Waals surface area contributed by atoms with Crippen LogP contribution in [0.3, 0.4) is 0 Å². The Morgan fingerprint density at radius 2 is 1.86 bits per heavy atom. The number of imide groups is 1. The van der Waals surface area contributed by atoms with Crippen LogP contribution in [0, 0.1) is 5.82 Å². The van der Waals surface area contributed by atoms with E-state index < -0.39 is 0 Å². The highest BCUT2D eigenvalue weighted by Gasteiger charge is 2.34. The summed E-state index contributed by atoms with van der Waals surface area (Å²) < 4.78 is 24.4. The van der Waals surface area contributed by atoms with Crippen molar-refractivity contribution in [2.24, 2.45) is 0 Å². The normalized spacial score (nSPS) is 15.0. The first-order valence-electron chi connectivity index (χ1n) is 9.28. The van der Waals surface area contributed by atoms with Gasteiger partial charge in [0.05, 0.1) is 17.7 Å². The summed E-state index contributed by atoms with van der Waals surface area (Å²) in [5.41, 5.74) is 2.02. The zero-order valence-corrected chi connectivity index (χ0v) is 15.6. The molecule has 0 radical (unpaired) electrons. The number of carbonyl (C=O) groups is 3. The summed E-state index contributed by atoms with van der Waals surface area (Å²) in [6, 6.07) is 9.35. The van der Waals surface area contributed by atoms with E-state index in [1.54, 1.807) is 24.3 Å². The largest absolute Gasteiger partial charge is 0.467 e. The number of benzene rings is 2. The quantitative estimate of drug-likeness (QED) is 0.753. The molecule has 2 heterocycles. The summed E-state index contributed by atoms with van der Waals surface area (Å²) in [5.74, 6) is -0.855. The molecule has 0 atom stereocenters. The topological polar surface area (TPSA) is 84.9 Å². The molecule has 29 heavy (non-hydrogen) atoms. The minimum Gasteiger partial charge on any atom is -0.467 e. The molecular weight excluding hydrogens is 379 g/mol. The number of fused-ring (bicyclic) bond motifs is 2. The molecule has 2 aliphatic rings. The molecule has 0 aromatic heterocycles. The molecule has 0 saturated heterocycles. The standard InChI is InChI=1S/C21H19FN2O5/c22-15-9-13(19-14(10-15)11-28-12-29-19)5-7-23-18(25)6-8-24-20(26)16-3-1-2-4-17(16)21(24)27/h1-4,9-10H,5-8,11-12H2,(H,23,25). The molecule has 4 rings (SSSR count).